The summed E-state index contributed by atoms with van der Waals surface area (Å²) in [7, 11) is -7.12. The first-order valence-electron chi connectivity index (χ1n) is 41.9. The summed E-state index contributed by atoms with van der Waals surface area (Å²) < 4.78 is 0. The van der Waals surface area contributed by atoms with E-state index in [1.54, 1.807) is 0 Å². The van der Waals surface area contributed by atoms with Crippen LogP contribution >= 0.6 is 14.5 Å². The molecule has 0 radical (unpaired) electrons. The van der Waals surface area contributed by atoms with E-state index >= 15 is 0 Å². The molecular formula is C114H78N8P2+2. The number of aromatic nitrogens is 8. The molecule has 124 heavy (non-hydrogen) atoms. The van der Waals surface area contributed by atoms with Crippen molar-refractivity contribution in [3.8, 4) is 100 Å². The second-order valence-corrected chi connectivity index (χ2v) is 37.3. The van der Waals surface area contributed by atoms with Gasteiger partial charge in [0, 0.05) is 101 Å². The highest BCUT2D eigenvalue weighted by molar-refractivity contribution is 8.05. The minimum atomic E-state index is -3.56. The fourth-order valence-electron chi connectivity index (χ4n) is 18.3. The molecule has 10 heterocycles. The molecule has 4 aliphatic rings. The quantitative estimate of drug-likeness (QED) is 0.0641. The third kappa shape index (κ3) is 13.3. The molecule has 6 aromatic heterocycles. The molecule has 582 valence electrons. The predicted molar refractivity (Wildman–Crippen MR) is 525 cm³/mol. The van der Waals surface area contributed by atoms with Crippen molar-refractivity contribution in [2.75, 3.05) is 0 Å². The van der Waals surface area contributed by atoms with Crippen LogP contribution in [0.3, 0.4) is 0 Å². The van der Waals surface area contributed by atoms with Crippen LogP contribution in [-0.2, 0) is 0 Å². The van der Waals surface area contributed by atoms with Gasteiger partial charge in [-0.2, -0.15) is 0 Å². The van der Waals surface area contributed by atoms with Crippen LogP contribution in [0.5, 0.6) is 0 Å². The first kappa shape index (κ1) is 74.5. The average molecular weight is 1620 g/mol. The Balaban J connectivity index is 0.926. The highest BCUT2D eigenvalue weighted by Gasteiger charge is 2.56. The molecule has 0 saturated carbocycles. The molecule has 0 fully saturated rings. The second-order valence-electron chi connectivity index (χ2n) is 31.2. The monoisotopic (exact) mass is 1620 g/mol. The Morgan fingerprint density at radius 3 is 0.540 bits per heavy atom. The predicted octanol–water partition coefficient (Wildman–Crippen LogP) is 27.6. The van der Waals surface area contributed by atoms with E-state index in [1.165, 1.54) is 0 Å². The maximum Gasteiger partial charge on any atom is 0.195 e. The first-order chi connectivity index (χ1) is 61.5. The Kier molecular flexibility index (Phi) is 19.3. The van der Waals surface area contributed by atoms with Gasteiger partial charge in [-0.05, 0) is 166 Å². The third-order valence-electron chi connectivity index (χ3n) is 23.9. The average Bonchev–Trinajstić information content (AvgIpc) is 1.73. The Morgan fingerprint density at radius 2 is 0.339 bits per heavy atom. The van der Waals surface area contributed by atoms with Gasteiger partial charge in [-0.1, -0.05) is 315 Å². The van der Waals surface area contributed by atoms with E-state index in [2.05, 4.69) is 469 Å². The van der Waals surface area contributed by atoms with Gasteiger partial charge in [0.25, 0.3) is 0 Å². The molecule has 18 aromatic rings. The summed E-state index contributed by atoms with van der Waals surface area (Å²) in [6, 6.07) is 148. The molecule has 4 aliphatic heterocycles. The highest BCUT2D eigenvalue weighted by atomic mass is 31.2. The van der Waals surface area contributed by atoms with Gasteiger partial charge in [-0.25, -0.2) is 19.9 Å². The smallest absolute Gasteiger partial charge is 0.195 e. The van der Waals surface area contributed by atoms with Crippen LogP contribution in [0.2, 0.25) is 0 Å². The molecule has 12 aromatic carbocycles. The highest BCUT2D eigenvalue weighted by Crippen LogP contribution is 2.74. The zero-order valence-corrected chi connectivity index (χ0v) is 69.2. The van der Waals surface area contributed by atoms with E-state index < -0.39 is 14.5 Å². The Morgan fingerprint density at radius 1 is 0.169 bits per heavy atom. The lowest BCUT2D eigenvalue weighted by atomic mass is 10.0. The fraction of sp³-hybridized carbons (Fsp3) is 0. The van der Waals surface area contributed by atoms with E-state index in [1.807, 2.05) is 0 Å². The number of nitrogens with zero attached hydrogens (tertiary/aromatic N) is 4. The molecule has 10 heteroatoms. The van der Waals surface area contributed by atoms with Gasteiger partial charge in [0.05, 0.1) is 34.2 Å². The van der Waals surface area contributed by atoms with Crippen molar-refractivity contribution in [3.63, 3.8) is 0 Å². The summed E-state index contributed by atoms with van der Waals surface area (Å²) in [5, 5.41) is 6.20. The lowest BCUT2D eigenvalue weighted by molar-refractivity contribution is 1.31. The van der Waals surface area contributed by atoms with E-state index in [0.29, 0.717) is 0 Å². The molecule has 22 rings (SSSR count). The zero-order chi connectivity index (χ0) is 82.3. The summed E-state index contributed by atoms with van der Waals surface area (Å²) in [6.07, 6.45) is 13.5. The van der Waals surface area contributed by atoms with Gasteiger partial charge < -0.3 is 19.9 Å². The minimum absolute atomic E-state index is 0.774. The number of aromatic amines is 4. The van der Waals surface area contributed by atoms with Gasteiger partial charge >= 0.3 is 0 Å². The summed E-state index contributed by atoms with van der Waals surface area (Å²) in [5.74, 6) is 0. The number of fused-ring (bicyclic) bond motifs is 16. The van der Waals surface area contributed by atoms with Gasteiger partial charge in [0.1, 0.15) is 54.6 Å². The fourth-order valence-corrected chi connectivity index (χ4v) is 26.0. The van der Waals surface area contributed by atoms with Crippen LogP contribution in [0.4, 0.5) is 0 Å². The van der Waals surface area contributed by atoms with Crippen LogP contribution in [-0.4, -0.2) is 39.9 Å². The molecule has 0 amide bonds. The summed E-state index contributed by atoms with van der Waals surface area (Å²) in [6.45, 7) is 0. The normalized spacial score (nSPS) is 12.3. The van der Waals surface area contributed by atoms with Crippen molar-refractivity contribution in [2.24, 2.45) is 0 Å². The lowest BCUT2D eigenvalue weighted by Gasteiger charge is -2.25. The maximum atomic E-state index is 6.39. The number of nitrogens with one attached hydrogen (secondary N) is 4. The number of hydrogen-bond donors (Lipinski definition) is 4. The Hall–Kier alpha value is -15.7. The van der Waals surface area contributed by atoms with E-state index in [9.17, 15) is 0 Å². The Bertz CT molecular complexity index is 7170. The standard InChI is InChI=1S/C114H78N8P2/c1-13-37-77(38-14-1)105-89-61-63-91(115-89)107(79-41-17-3-18-42-79)95-69-71-99(119-95)111(83-49-25-7-26-50-83)113-103(75-101(121-113)109(81-45-21-5-22-46-81)97-67-65-93(105)117-97)123(85-53-29-9-30-54-85,86-55-31-10-32-56-86)73-74-124(87-57-33-11-34-58-87,88-59-35-12-36-60-88)104-76-102-110(82-47-23-6-24-48-82)98-68-66-94(118-98)106(78-39-15-2-16-40-78)90-62-64-92(116-90)108(80-43-19-4-20-44-80)96-70-72-100(120-96)112(114(104)122-102)84-51-27-8-28-52-84/h1-72,75-76,117-120H/q+2. The molecule has 4 N–H and O–H groups in total. The second kappa shape index (κ2) is 32.1. The van der Waals surface area contributed by atoms with E-state index in [-0.39, 0.29) is 0 Å². The molecule has 0 atom stereocenters. The van der Waals surface area contributed by atoms with Crippen molar-refractivity contribution in [1.29, 1.82) is 0 Å². The number of hydrogen-bond acceptors (Lipinski definition) is 4. The maximum absolute atomic E-state index is 6.39. The van der Waals surface area contributed by atoms with Crippen molar-refractivity contribution in [1.82, 2.24) is 39.9 Å². The topological polar surface area (TPSA) is 115 Å². The molecule has 0 saturated heterocycles. The summed E-state index contributed by atoms with van der Waals surface area (Å²) in [4.78, 5) is 40.6. The van der Waals surface area contributed by atoms with Crippen LogP contribution < -0.4 is 21.2 Å². The Labute approximate surface area is 720 Å². The summed E-state index contributed by atoms with van der Waals surface area (Å²) in [5.41, 5.74) is 38.7. The number of H-pyrrole nitrogens is 4. The molecular weight excluding hydrogens is 1540 g/mol. The summed E-state index contributed by atoms with van der Waals surface area (Å²) >= 11 is 0. The molecule has 0 spiro atoms. The van der Waals surface area contributed by atoms with Gasteiger partial charge in [0.2, 0.25) is 0 Å². The number of rotatable bonds is 14. The first-order valence-corrected chi connectivity index (χ1v) is 45.5. The molecule has 8 nitrogen and oxygen atoms in total. The van der Waals surface area contributed by atoms with Crippen LogP contribution in [0.25, 0.3) is 180 Å². The van der Waals surface area contributed by atoms with E-state index in [0.717, 1.165) is 211 Å². The molecule has 16 bridgehead atoms. The zero-order valence-electron chi connectivity index (χ0n) is 67.4. The van der Waals surface area contributed by atoms with Crippen LogP contribution in [0.15, 0.2) is 413 Å². The van der Waals surface area contributed by atoms with Gasteiger partial charge in [0.15, 0.2) is 14.5 Å². The van der Waals surface area contributed by atoms with Crippen LogP contribution in [0, 0.1) is 11.3 Å². The number of benzene rings is 12. The van der Waals surface area contributed by atoms with E-state index in [4.69, 9.17) is 31.3 Å². The minimum Gasteiger partial charge on any atom is -0.354 e. The van der Waals surface area contributed by atoms with Crippen molar-refractivity contribution in [3.05, 3.63) is 458 Å². The molecule has 0 aliphatic carbocycles. The SMILES string of the molecule is C(#C[P+](C1=Cc2nc1c(-c1ccccc1)c1ccc([nH]1)c(-c1ccccc1)c1nc(c(-c3ccccc3)c3ccc([nH]3)c2-c2ccccc2)C=C1)(c1ccccc1)c1ccccc1)[P+](C1=Cc2nc1c(-c1ccccc1)c1ccc([nH]1)c(-c1ccccc1)c1nc(c(-c3ccccc3)c3ccc([nH]3)c2-c2ccccc2)C=C1)(c1ccccc1)c1ccccc1. The van der Waals surface area contributed by atoms with Crippen molar-refractivity contribution in [2.45, 2.75) is 0 Å². The molecule has 0 unspecified atom stereocenters. The van der Waals surface area contributed by atoms with Crippen molar-refractivity contribution >= 4 is 127 Å². The lowest BCUT2D eigenvalue weighted by Crippen LogP contribution is -2.24. The van der Waals surface area contributed by atoms with Gasteiger partial charge in [-0.3, -0.25) is 0 Å². The van der Waals surface area contributed by atoms with Crippen molar-refractivity contribution < 1.29 is 0 Å². The van der Waals surface area contributed by atoms with Crippen LogP contribution in [0.1, 0.15) is 45.6 Å². The third-order valence-corrected chi connectivity index (χ3v) is 31.4. The largest absolute Gasteiger partial charge is 0.354 e. The van der Waals surface area contributed by atoms with Gasteiger partial charge in [-0.15, -0.1) is 0 Å².